The summed E-state index contributed by atoms with van der Waals surface area (Å²) in [5.41, 5.74) is 2.04. The molecule has 2 aromatic rings. The summed E-state index contributed by atoms with van der Waals surface area (Å²) in [6, 6.07) is 8.86. The van der Waals surface area contributed by atoms with Crippen LogP contribution in [0.5, 0.6) is 0 Å². The van der Waals surface area contributed by atoms with Crippen LogP contribution in [0.2, 0.25) is 0 Å². The number of amides is 1. The average molecular weight is 497 g/mol. The van der Waals surface area contributed by atoms with E-state index < -0.39 is 16.9 Å². The molecule has 4 rings (SSSR count). The maximum atomic E-state index is 13.1. The van der Waals surface area contributed by atoms with Crippen molar-refractivity contribution in [2.45, 2.75) is 45.9 Å². The van der Waals surface area contributed by atoms with E-state index in [1.54, 1.807) is 45.0 Å². The minimum absolute atomic E-state index is 0.0434. The number of rotatable bonds is 8. The molecule has 182 valence electrons. The number of allylic oxidation sites excluding steroid dienone is 1. The zero-order valence-electron chi connectivity index (χ0n) is 19.4. The number of carbonyl (C=O) groups is 2. The van der Waals surface area contributed by atoms with Gasteiger partial charge in [-0.1, -0.05) is 11.8 Å². The van der Waals surface area contributed by atoms with Crippen LogP contribution in [0.1, 0.15) is 44.6 Å². The van der Waals surface area contributed by atoms with Crippen molar-refractivity contribution in [2.24, 2.45) is 4.99 Å². The predicted molar refractivity (Wildman–Crippen MR) is 130 cm³/mol. The Kier molecular flexibility index (Phi) is 7.06. The molecule has 0 saturated heterocycles. The van der Waals surface area contributed by atoms with E-state index in [9.17, 15) is 19.7 Å². The molecule has 1 unspecified atom stereocenters. The lowest BCUT2D eigenvalue weighted by molar-refractivity contribution is -0.384. The van der Waals surface area contributed by atoms with E-state index >= 15 is 0 Å². The van der Waals surface area contributed by atoms with Crippen LogP contribution in [-0.2, 0) is 20.9 Å². The first-order chi connectivity index (χ1) is 16.7. The highest BCUT2D eigenvalue weighted by Crippen LogP contribution is 2.45. The lowest BCUT2D eigenvalue weighted by Crippen LogP contribution is -2.38. The van der Waals surface area contributed by atoms with Crippen molar-refractivity contribution in [1.29, 1.82) is 0 Å². The zero-order valence-corrected chi connectivity index (χ0v) is 20.2. The zero-order chi connectivity index (χ0) is 25.1. The summed E-state index contributed by atoms with van der Waals surface area (Å²) >= 11 is 1.35. The number of hydrogen-bond donors (Lipinski definition) is 1. The van der Waals surface area contributed by atoms with Gasteiger partial charge in [-0.2, -0.15) is 0 Å². The number of furan rings is 1. The van der Waals surface area contributed by atoms with E-state index in [1.807, 2.05) is 10.3 Å². The van der Waals surface area contributed by atoms with Crippen molar-refractivity contribution in [2.75, 3.05) is 0 Å². The number of nitro benzene ring substituents is 1. The molecule has 0 aliphatic carbocycles. The highest BCUT2D eigenvalue weighted by Gasteiger charge is 2.41. The normalized spacial score (nSPS) is 17.1. The summed E-state index contributed by atoms with van der Waals surface area (Å²) in [6.45, 7) is 5.50. The van der Waals surface area contributed by atoms with Crippen molar-refractivity contribution in [3.05, 3.63) is 86.5 Å². The van der Waals surface area contributed by atoms with E-state index in [4.69, 9.17) is 9.15 Å². The Balaban J connectivity index is 1.65. The minimum atomic E-state index is -0.659. The number of fused-ring (bicyclic) bond motifs is 1. The number of non-ortho nitro benzene ring substituents is 1. The van der Waals surface area contributed by atoms with E-state index in [1.165, 1.54) is 30.2 Å². The largest absolute Gasteiger partial charge is 0.467 e. The van der Waals surface area contributed by atoms with Gasteiger partial charge in [0.25, 0.3) is 5.69 Å². The van der Waals surface area contributed by atoms with Crippen molar-refractivity contribution in [3.8, 4) is 0 Å². The van der Waals surface area contributed by atoms with Gasteiger partial charge >= 0.3 is 5.97 Å². The summed E-state index contributed by atoms with van der Waals surface area (Å²) in [5.74, 6) is -0.119. The van der Waals surface area contributed by atoms with Crippen LogP contribution in [0.15, 0.2) is 74.4 Å². The maximum Gasteiger partial charge on any atom is 0.338 e. The highest BCUT2D eigenvalue weighted by molar-refractivity contribution is 8.16. The summed E-state index contributed by atoms with van der Waals surface area (Å²) in [6.07, 6.45) is 1.23. The summed E-state index contributed by atoms with van der Waals surface area (Å²) < 4.78 is 10.8. The quantitative estimate of drug-likeness (QED) is 0.323. The molecule has 2 aliphatic heterocycles. The smallest absolute Gasteiger partial charge is 0.338 e. The summed E-state index contributed by atoms with van der Waals surface area (Å²) in [7, 11) is 0. The molecule has 1 atom stereocenters. The number of hydrogen-bond acceptors (Lipinski definition) is 9. The van der Waals surface area contributed by atoms with Gasteiger partial charge in [-0.05, 0) is 56.0 Å². The fourth-order valence-corrected chi connectivity index (χ4v) is 4.79. The van der Waals surface area contributed by atoms with E-state index in [0.29, 0.717) is 33.5 Å². The van der Waals surface area contributed by atoms with Crippen LogP contribution in [0.3, 0.4) is 0 Å². The van der Waals surface area contributed by atoms with Gasteiger partial charge in [-0.3, -0.25) is 14.9 Å². The molecular formula is C24H24N4O6S. The molecule has 0 spiro atoms. The van der Waals surface area contributed by atoms with E-state index in [-0.39, 0.29) is 30.7 Å². The lowest BCUT2D eigenvalue weighted by atomic mass is 9.93. The molecule has 1 aromatic carbocycles. The van der Waals surface area contributed by atoms with Crippen LogP contribution in [-0.4, -0.2) is 33.0 Å². The fraction of sp³-hybridized carbons (Fsp3) is 0.292. The van der Waals surface area contributed by atoms with Crippen molar-refractivity contribution in [3.63, 3.8) is 0 Å². The van der Waals surface area contributed by atoms with Crippen LogP contribution < -0.4 is 5.32 Å². The topological polar surface area (TPSA) is 127 Å². The van der Waals surface area contributed by atoms with E-state index in [2.05, 4.69) is 10.3 Å². The van der Waals surface area contributed by atoms with Crippen molar-refractivity contribution < 1.29 is 23.7 Å². The predicted octanol–water partition coefficient (Wildman–Crippen LogP) is 4.42. The molecule has 1 amide bonds. The number of esters is 1. The Morgan fingerprint density at radius 2 is 2.03 bits per heavy atom. The fourth-order valence-electron chi connectivity index (χ4n) is 3.83. The monoisotopic (exact) mass is 496 g/mol. The third kappa shape index (κ3) is 5.29. The van der Waals surface area contributed by atoms with Crippen molar-refractivity contribution in [1.82, 2.24) is 10.2 Å². The molecule has 1 aromatic heterocycles. The molecule has 3 heterocycles. The third-order valence-corrected chi connectivity index (χ3v) is 6.25. The molecule has 35 heavy (non-hydrogen) atoms. The molecule has 0 saturated carbocycles. The standard InChI is InChI=1S/C24H24N4O6S/c1-14(2)34-23(30)21-15(3)26-24-27(22(21)16-6-8-17(9-7-16)28(31)32)18(13-35-24)11-20(29)25-12-19-5-4-10-33-19/h4-10,13-14,22H,11-12H2,1-3H3,(H,25,29). The van der Waals surface area contributed by atoms with Crippen LogP contribution in [0, 0.1) is 10.1 Å². The van der Waals surface area contributed by atoms with Gasteiger partial charge in [0.15, 0.2) is 5.17 Å². The van der Waals surface area contributed by atoms with Gasteiger partial charge in [-0.15, -0.1) is 0 Å². The second-order valence-corrected chi connectivity index (χ2v) is 9.07. The van der Waals surface area contributed by atoms with Gasteiger partial charge in [0.2, 0.25) is 5.91 Å². The van der Waals surface area contributed by atoms with Gasteiger partial charge in [0.05, 0.1) is 47.6 Å². The minimum Gasteiger partial charge on any atom is -0.467 e. The second-order valence-electron chi connectivity index (χ2n) is 8.23. The molecule has 0 bridgehead atoms. The Hall–Kier alpha value is -3.86. The SMILES string of the molecule is CC1=C(C(=O)OC(C)C)C(c2ccc([N+](=O)[O-])cc2)N2C(CC(=O)NCc3ccco3)=CSC2=N1. The third-order valence-electron chi connectivity index (χ3n) is 5.36. The summed E-state index contributed by atoms with van der Waals surface area (Å²) in [4.78, 5) is 42.9. The maximum absolute atomic E-state index is 13.1. The number of nitrogens with zero attached hydrogens (tertiary/aromatic N) is 3. The van der Waals surface area contributed by atoms with Crippen LogP contribution >= 0.6 is 11.8 Å². The molecule has 0 radical (unpaired) electrons. The number of aliphatic imine (C=N–C) groups is 1. The highest BCUT2D eigenvalue weighted by atomic mass is 32.2. The molecule has 10 nitrogen and oxygen atoms in total. The van der Waals surface area contributed by atoms with Gasteiger partial charge in [0, 0.05) is 17.8 Å². The molecule has 2 aliphatic rings. The first kappa shape index (κ1) is 24.3. The Morgan fingerprint density at radius 1 is 1.29 bits per heavy atom. The Bertz CT molecular complexity index is 1230. The second kappa shape index (κ2) is 10.2. The number of carbonyl (C=O) groups excluding carboxylic acids is 2. The number of ether oxygens (including phenoxy) is 1. The number of thioether (sulfide) groups is 1. The molecular weight excluding hydrogens is 472 g/mol. The number of nitrogens with one attached hydrogen (secondary N) is 1. The van der Waals surface area contributed by atoms with Gasteiger partial charge in [0.1, 0.15) is 5.76 Å². The molecule has 11 heteroatoms. The van der Waals surface area contributed by atoms with Crippen LogP contribution in [0.4, 0.5) is 5.69 Å². The Morgan fingerprint density at radius 3 is 2.66 bits per heavy atom. The summed E-state index contributed by atoms with van der Waals surface area (Å²) in [5, 5.41) is 16.4. The number of benzene rings is 1. The van der Waals surface area contributed by atoms with Crippen LogP contribution in [0.25, 0.3) is 0 Å². The molecule has 0 fully saturated rings. The van der Waals surface area contributed by atoms with E-state index in [0.717, 1.165) is 0 Å². The first-order valence-corrected chi connectivity index (χ1v) is 11.8. The number of nitro groups is 1. The van der Waals surface area contributed by atoms with Crippen molar-refractivity contribution >= 4 is 34.5 Å². The average Bonchev–Trinajstić information content (AvgIpc) is 3.46. The number of amidine groups is 1. The van der Waals surface area contributed by atoms with Gasteiger partial charge in [-0.25, -0.2) is 9.79 Å². The van der Waals surface area contributed by atoms with Gasteiger partial charge < -0.3 is 19.4 Å². The Labute approximate surface area is 205 Å². The molecule has 1 N–H and O–H groups in total. The lowest BCUT2D eigenvalue weighted by Gasteiger charge is -2.36. The first-order valence-electron chi connectivity index (χ1n) is 10.9.